The minimum Gasteiger partial charge on any atom is -0.494 e. The average Bonchev–Trinajstić information content (AvgIpc) is 2.50. The monoisotopic (exact) mass is 292 g/mol. The molecule has 1 aromatic carbocycles. The highest BCUT2D eigenvalue weighted by atomic mass is 16.5. The average molecular weight is 292 g/mol. The number of hydrogen-bond donors (Lipinski definition) is 2. The molecule has 0 spiro atoms. The summed E-state index contributed by atoms with van der Waals surface area (Å²) in [4.78, 5) is 14.1. The van der Waals surface area contributed by atoms with Crippen LogP contribution in [0.2, 0.25) is 0 Å². The Kier molecular flexibility index (Phi) is 5.44. The van der Waals surface area contributed by atoms with Crippen LogP contribution in [-0.4, -0.2) is 42.3 Å². The Labute approximate surface area is 125 Å². The van der Waals surface area contributed by atoms with Crippen LogP contribution in [0.1, 0.15) is 25.3 Å². The molecule has 1 heterocycles. The fourth-order valence-electron chi connectivity index (χ4n) is 2.63. The van der Waals surface area contributed by atoms with Gasteiger partial charge in [0.15, 0.2) is 0 Å². The molecule has 1 saturated heterocycles. The number of benzene rings is 1. The molecule has 1 aromatic rings. The van der Waals surface area contributed by atoms with Crippen molar-refractivity contribution in [2.75, 3.05) is 31.6 Å². The van der Waals surface area contributed by atoms with Gasteiger partial charge in [-0.2, -0.15) is 0 Å². The Morgan fingerprint density at radius 2 is 2.33 bits per heavy atom. The number of ether oxygens (including phenoxy) is 1. The molecule has 0 radical (unpaired) electrons. The van der Waals surface area contributed by atoms with Gasteiger partial charge in [-0.15, -0.1) is 0 Å². The second kappa shape index (κ2) is 7.31. The molecule has 2 amide bonds. The van der Waals surface area contributed by atoms with E-state index in [1.807, 2.05) is 32.0 Å². The molecule has 0 saturated carbocycles. The number of aliphatic hydroxyl groups is 1. The Balaban J connectivity index is 1.99. The lowest BCUT2D eigenvalue weighted by molar-refractivity contribution is 0.136. The highest BCUT2D eigenvalue weighted by Gasteiger charge is 2.23. The Morgan fingerprint density at radius 1 is 1.52 bits per heavy atom. The highest BCUT2D eigenvalue weighted by Crippen LogP contribution is 2.23. The van der Waals surface area contributed by atoms with E-state index in [4.69, 9.17) is 4.74 Å². The number of carbonyl (C=O) groups excluding carboxylic acids is 1. The number of anilines is 1. The largest absolute Gasteiger partial charge is 0.494 e. The molecule has 2 N–H and O–H groups in total. The zero-order valence-corrected chi connectivity index (χ0v) is 12.8. The molecular formula is C16H24N2O3. The maximum atomic E-state index is 12.3. The van der Waals surface area contributed by atoms with Gasteiger partial charge in [-0.1, -0.05) is 0 Å². The van der Waals surface area contributed by atoms with Crippen molar-refractivity contribution >= 4 is 11.7 Å². The lowest BCUT2D eigenvalue weighted by Gasteiger charge is -2.32. The van der Waals surface area contributed by atoms with Crippen LogP contribution in [0.4, 0.5) is 10.5 Å². The van der Waals surface area contributed by atoms with Crippen LogP contribution < -0.4 is 10.1 Å². The van der Waals surface area contributed by atoms with Crippen molar-refractivity contribution in [2.24, 2.45) is 5.92 Å². The van der Waals surface area contributed by atoms with E-state index in [0.29, 0.717) is 13.2 Å². The minimum atomic E-state index is -0.0968. The third-order valence-electron chi connectivity index (χ3n) is 3.81. The van der Waals surface area contributed by atoms with Crippen LogP contribution >= 0.6 is 0 Å². The fourth-order valence-corrected chi connectivity index (χ4v) is 2.63. The van der Waals surface area contributed by atoms with E-state index in [-0.39, 0.29) is 18.6 Å². The zero-order chi connectivity index (χ0) is 15.2. The first-order valence-corrected chi connectivity index (χ1v) is 7.54. The number of rotatable bonds is 4. The van der Waals surface area contributed by atoms with Gasteiger partial charge in [0.2, 0.25) is 0 Å². The van der Waals surface area contributed by atoms with Gasteiger partial charge in [-0.3, -0.25) is 0 Å². The van der Waals surface area contributed by atoms with Crippen molar-refractivity contribution < 1.29 is 14.6 Å². The van der Waals surface area contributed by atoms with Crippen LogP contribution in [0.25, 0.3) is 0 Å². The molecule has 1 aliphatic heterocycles. The predicted octanol–water partition coefficient (Wildman–Crippen LogP) is 2.63. The van der Waals surface area contributed by atoms with E-state index in [2.05, 4.69) is 5.32 Å². The molecule has 21 heavy (non-hydrogen) atoms. The topological polar surface area (TPSA) is 61.8 Å². The summed E-state index contributed by atoms with van der Waals surface area (Å²) in [7, 11) is 0. The number of aliphatic hydroxyl groups excluding tert-OH is 1. The van der Waals surface area contributed by atoms with Crippen LogP contribution in [0.5, 0.6) is 5.75 Å². The summed E-state index contributed by atoms with van der Waals surface area (Å²) in [5.74, 6) is 1.01. The molecule has 0 aromatic heterocycles. The first kappa shape index (κ1) is 15.6. The van der Waals surface area contributed by atoms with E-state index >= 15 is 0 Å². The number of aryl methyl sites for hydroxylation is 1. The first-order chi connectivity index (χ1) is 10.1. The van der Waals surface area contributed by atoms with Crippen molar-refractivity contribution in [2.45, 2.75) is 26.7 Å². The summed E-state index contributed by atoms with van der Waals surface area (Å²) >= 11 is 0. The molecule has 1 aliphatic rings. The van der Waals surface area contributed by atoms with E-state index in [0.717, 1.165) is 36.4 Å². The zero-order valence-electron chi connectivity index (χ0n) is 12.8. The van der Waals surface area contributed by atoms with Crippen LogP contribution in [-0.2, 0) is 0 Å². The number of nitrogens with one attached hydrogen (secondary N) is 1. The third-order valence-corrected chi connectivity index (χ3v) is 3.81. The first-order valence-electron chi connectivity index (χ1n) is 7.54. The number of likely N-dealkylation sites (tertiary alicyclic amines) is 1. The van der Waals surface area contributed by atoms with Gasteiger partial charge < -0.3 is 20.1 Å². The van der Waals surface area contributed by atoms with Gasteiger partial charge in [0.25, 0.3) is 0 Å². The highest BCUT2D eigenvalue weighted by molar-refractivity contribution is 5.90. The molecule has 2 rings (SSSR count). The number of urea groups is 1. The van der Waals surface area contributed by atoms with E-state index < -0.39 is 0 Å². The quantitative estimate of drug-likeness (QED) is 0.896. The number of carbonyl (C=O) groups is 1. The summed E-state index contributed by atoms with van der Waals surface area (Å²) < 4.78 is 5.44. The van der Waals surface area contributed by atoms with Crippen molar-refractivity contribution in [1.29, 1.82) is 0 Å². The summed E-state index contributed by atoms with van der Waals surface area (Å²) in [6.07, 6.45) is 1.93. The number of nitrogens with zero attached hydrogens (tertiary/aromatic N) is 1. The standard InChI is InChI=1S/C16H24N2O3/c1-3-21-14-6-7-15(12(2)9-14)17-16(20)18-8-4-5-13(10-18)11-19/h6-7,9,13,19H,3-5,8,10-11H2,1-2H3,(H,17,20). The van der Waals surface area contributed by atoms with Gasteiger partial charge in [0, 0.05) is 25.4 Å². The second-order valence-electron chi connectivity index (χ2n) is 5.48. The molecule has 116 valence electrons. The molecule has 1 fully saturated rings. The Bertz CT molecular complexity index is 490. The fraction of sp³-hybridized carbons (Fsp3) is 0.562. The summed E-state index contributed by atoms with van der Waals surface area (Å²) in [6.45, 7) is 6.04. The summed E-state index contributed by atoms with van der Waals surface area (Å²) in [5, 5.41) is 12.2. The summed E-state index contributed by atoms with van der Waals surface area (Å²) in [5.41, 5.74) is 1.78. The molecule has 1 unspecified atom stereocenters. The van der Waals surface area contributed by atoms with E-state index in [1.54, 1.807) is 4.90 Å². The van der Waals surface area contributed by atoms with Crippen molar-refractivity contribution in [1.82, 2.24) is 4.90 Å². The van der Waals surface area contributed by atoms with Crippen LogP contribution in [0.3, 0.4) is 0 Å². The lowest BCUT2D eigenvalue weighted by Crippen LogP contribution is -2.43. The smallest absolute Gasteiger partial charge is 0.321 e. The number of amides is 2. The van der Waals surface area contributed by atoms with E-state index in [1.165, 1.54) is 0 Å². The summed E-state index contributed by atoms with van der Waals surface area (Å²) in [6, 6.07) is 5.55. The lowest BCUT2D eigenvalue weighted by atomic mass is 9.99. The van der Waals surface area contributed by atoms with Gasteiger partial charge in [0.05, 0.1) is 6.61 Å². The van der Waals surface area contributed by atoms with Crippen molar-refractivity contribution in [3.8, 4) is 5.75 Å². The molecule has 5 heteroatoms. The minimum absolute atomic E-state index is 0.0968. The molecule has 0 aliphatic carbocycles. The maximum Gasteiger partial charge on any atom is 0.321 e. The van der Waals surface area contributed by atoms with Gasteiger partial charge in [0.1, 0.15) is 5.75 Å². The molecule has 1 atom stereocenters. The molecular weight excluding hydrogens is 268 g/mol. The predicted molar refractivity (Wildman–Crippen MR) is 82.7 cm³/mol. The van der Waals surface area contributed by atoms with Gasteiger partial charge in [-0.05, 0) is 56.4 Å². The van der Waals surface area contributed by atoms with Crippen LogP contribution in [0.15, 0.2) is 18.2 Å². The van der Waals surface area contributed by atoms with Crippen molar-refractivity contribution in [3.63, 3.8) is 0 Å². The molecule has 0 bridgehead atoms. The third kappa shape index (κ3) is 4.11. The number of hydrogen-bond acceptors (Lipinski definition) is 3. The second-order valence-corrected chi connectivity index (χ2v) is 5.48. The molecule has 5 nitrogen and oxygen atoms in total. The van der Waals surface area contributed by atoms with Crippen LogP contribution in [0, 0.1) is 12.8 Å². The Morgan fingerprint density at radius 3 is 3.00 bits per heavy atom. The van der Waals surface area contributed by atoms with Crippen molar-refractivity contribution in [3.05, 3.63) is 23.8 Å². The maximum absolute atomic E-state index is 12.3. The van der Waals surface area contributed by atoms with E-state index in [9.17, 15) is 9.90 Å². The van der Waals surface area contributed by atoms with Gasteiger partial charge >= 0.3 is 6.03 Å². The number of piperidine rings is 1. The normalized spacial score (nSPS) is 18.4. The van der Waals surface area contributed by atoms with Gasteiger partial charge in [-0.25, -0.2) is 4.79 Å². The Hall–Kier alpha value is -1.75. The SMILES string of the molecule is CCOc1ccc(NC(=O)N2CCCC(CO)C2)c(C)c1.